The van der Waals surface area contributed by atoms with Crippen molar-refractivity contribution in [2.45, 2.75) is 48.3 Å². The van der Waals surface area contributed by atoms with Gasteiger partial charge in [0.15, 0.2) is 0 Å². The lowest BCUT2D eigenvalue weighted by Crippen LogP contribution is -2.57. The van der Waals surface area contributed by atoms with Crippen LogP contribution in [0, 0.1) is 11.8 Å². The van der Waals surface area contributed by atoms with Gasteiger partial charge in [-0.25, -0.2) is 0 Å². The third-order valence-electron chi connectivity index (χ3n) is 9.60. The minimum absolute atomic E-state index is 0.0762. The lowest BCUT2D eigenvalue weighted by molar-refractivity contribution is -0.141. The minimum Gasteiger partial charge on any atom is -0.394 e. The van der Waals surface area contributed by atoms with Crippen molar-refractivity contribution in [3.8, 4) is 0 Å². The molecule has 0 saturated carbocycles. The predicted molar refractivity (Wildman–Crippen MR) is 178 cm³/mol. The van der Waals surface area contributed by atoms with Crippen molar-refractivity contribution in [2.75, 3.05) is 29.5 Å². The summed E-state index contributed by atoms with van der Waals surface area (Å²) in [5, 5.41) is 12.5. The van der Waals surface area contributed by atoms with E-state index in [0.717, 1.165) is 28.6 Å². The van der Waals surface area contributed by atoms with Crippen LogP contribution in [0.2, 0.25) is 0 Å². The summed E-state index contributed by atoms with van der Waals surface area (Å²) in [6.45, 7) is 10.1. The molecule has 228 valence electrons. The molecule has 3 heterocycles. The Balaban J connectivity index is 1.43. The number of carbonyl (C=O) groups is 3. The molecule has 0 radical (unpaired) electrons. The number of amides is 3. The zero-order valence-corrected chi connectivity index (χ0v) is 25.9. The number of likely N-dealkylation sites (tertiary alicyclic amines) is 1. The number of nitrogens with zero attached hydrogens (tertiary/aromatic N) is 3. The molecule has 6 rings (SSSR count). The summed E-state index contributed by atoms with van der Waals surface area (Å²) in [5.41, 5.74) is 1.48. The van der Waals surface area contributed by atoms with Crippen LogP contribution in [0.4, 0.5) is 11.4 Å². The molecule has 2 bridgehead atoms. The monoisotopic (exact) mass is 609 g/mol. The summed E-state index contributed by atoms with van der Waals surface area (Å²) in [6.07, 6.45) is 5.29. The second-order valence-electron chi connectivity index (χ2n) is 11.9. The highest BCUT2D eigenvalue weighted by molar-refractivity contribution is 8.02. The van der Waals surface area contributed by atoms with Gasteiger partial charge in [-0.1, -0.05) is 67.6 Å². The van der Waals surface area contributed by atoms with Gasteiger partial charge in [-0.15, -0.1) is 24.9 Å². The van der Waals surface area contributed by atoms with E-state index in [4.69, 9.17) is 0 Å². The Morgan fingerprint density at radius 3 is 2.30 bits per heavy atom. The summed E-state index contributed by atoms with van der Waals surface area (Å²) < 4.78 is -0.769. The molecule has 3 aliphatic heterocycles. The molecule has 1 N–H and O–H groups in total. The molecule has 0 aromatic heterocycles. The van der Waals surface area contributed by atoms with Crippen LogP contribution in [0.5, 0.6) is 0 Å². The smallest absolute Gasteiger partial charge is 0.251 e. The van der Waals surface area contributed by atoms with Crippen molar-refractivity contribution in [1.29, 1.82) is 0 Å². The number of aliphatic hydroxyl groups is 1. The van der Waals surface area contributed by atoms with E-state index in [1.807, 2.05) is 79.7 Å². The average Bonchev–Trinajstić information content (AvgIpc) is 3.70. The first-order chi connectivity index (χ1) is 21.4. The fourth-order valence-electron chi connectivity index (χ4n) is 7.64. The second-order valence-corrected chi connectivity index (χ2v) is 13.5. The van der Waals surface area contributed by atoms with E-state index in [9.17, 15) is 19.5 Å². The summed E-state index contributed by atoms with van der Waals surface area (Å²) >= 11 is 1.64. The van der Waals surface area contributed by atoms with Crippen LogP contribution in [-0.4, -0.2) is 69.5 Å². The highest BCUT2D eigenvalue weighted by Gasteiger charge is 2.74. The van der Waals surface area contributed by atoms with Gasteiger partial charge in [0.05, 0.1) is 29.2 Å². The maximum Gasteiger partial charge on any atom is 0.251 e. The number of para-hydroxylation sites is 1. The topological polar surface area (TPSA) is 81.2 Å². The zero-order valence-electron chi connectivity index (χ0n) is 25.0. The number of fused-ring (bicyclic) bond motifs is 2. The third kappa shape index (κ3) is 4.75. The van der Waals surface area contributed by atoms with Gasteiger partial charge >= 0.3 is 0 Å². The molecule has 6 atom stereocenters. The van der Waals surface area contributed by atoms with Crippen molar-refractivity contribution in [3.63, 3.8) is 0 Å². The van der Waals surface area contributed by atoms with Crippen molar-refractivity contribution in [3.05, 3.63) is 98.1 Å². The highest BCUT2D eigenvalue weighted by atomic mass is 32.2. The molecule has 0 aliphatic carbocycles. The van der Waals surface area contributed by atoms with Crippen molar-refractivity contribution in [2.24, 2.45) is 11.8 Å². The number of aliphatic hydroxyl groups excluding tert-OH is 1. The van der Waals surface area contributed by atoms with E-state index in [1.165, 1.54) is 0 Å². The van der Waals surface area contributed by atoms with Crippen molar-refractivity contribution >= 4 is 51.6 Å². The first kappa shape index (κ1) is 30.2. The Kier molecular flexibility index (Phi) is 8.40. The maximum atomic E-state index is 14.9. The number of thioether (sulfide) groups is 1. The van der Waals surface area contributed by atoms with Crippen LogP contribution in [-0.2, 0) is 14.4 Å². The van der Waals surface area contributed by atoms with Crippen LogP contribution < -0.4 is 9.80 Å². The van der Waals surface area contributed by atoms with Gasteiger partial charge in [0.25, 0.3) is 5.91 Å². The average molecular weight is 610 g/mol. The summed E-state index contributed by atoms with van der Waals surface area (Å²) in [4.78, 5) is 49.0. The van der Waals surface area contributed by atoms with Gasteiger partial charge in [-0.2, -0.15) is 0 Å². The number of anilines is 2. The van der Waals surface area contributed by atoms with Gasteiger partial charge in [0.1, 0.15) is 6.04 Å². The van der Waals surface area contributed by atoms with Crippen LogP contribution in [0.3, 0.4) is 0 Å². The van der Waals surface area contributed by atoms with Gasteiger partial charge in [0, 0.05) is 29.7 Å². The van der Waals surface area contributed by atoms with Gasteiger partial charge < -0.3 is 19.8 Å². The molecule has 2 unspecified atom stereocenters. The van der Waals surface area contributed by atoms with Gasteiger partial charge in [0.2, 0.25) is 11.8 Å². The fourth-order valence-corrected chi connectivity index (χ4v) is 9.84. The fraction of sp³-hybridized carbons (Fsp3) is 0.361. The number of hydrogen-bond acceptors (Lipinski definition) is 5. The first-order valence-corrected chi connectivity index (χ1v) is 16.3. The summed E-state index contributed by atoms with van der Waals surface area (Å²) in [6, 6.07) is 22.0. The lowest BCUT2D eigenvalue weighted by Gasteiger charge is -2.39. The molecule has 1 spiro atoms. The van der Waals surface area contributed by atoms with Crippen LogP contribution in [0.15, 0.2) is 98.1 Å². The van der Waals surface area contributed by atoms with Crippen LogP contribution >= 0.6 is 11.8 Å². The Hall–Kier alpha value is -3.88. The predicted octanol–water partition coefficient (Wildman–Crippen LogP) is 5.44. The summed E-state index contributed by atoms with van der Waals surface area (Å²) in [5.74, 6) is -1.76. The lowest BCUT2D eigenvalue weighted by atomic mass is 9.70. The third-order valence-corrected chi connectivity index (χ3v) is 11.6. The standard InChI is InChI=1S/C36H39N3O4S/c1-4-20-37(27-14-8-7-9-15-27)33(41)30-29-18-19-36(44-29)31(30)34(42)39(26(6-3)23-40)32(36)35(43)38(21-5-2)28-17-16-24-12-10-11-13-25(24)22-28/h4-5,7-17,22,26,29-32,40H,1-2,6,18-21,23H2,3H3/t26-,29-,30+,31-,32?,36?/m0/s1. The van der Waals surface area contributed by atoms with E-state index < -0.39 is 28.7 Å². The van der Waals surface area contributed by atoms with Crippen LogP contribution in [0.1, 0.15) is 26.2 Å². The minimum atomic E-state index is -0.819. The van der Waals surface area contributed by atoms with E-state index >= 15 is 0 Å². The summed E-state index contributed by atoms with van der Waals surface area (Å²) in [7, 11) is 0. The van der Waals surface area contributed by atoms with Gasteiger partial charge in [-0.05, 0) is 54.3 Å². The molecule has 7 nitrogen and oxygen atoms in total. The van der Waals surface area contributed by atoms with Crippen molar-refractivity contribution in [1.82, 2.24) is 4.90 Å². The Labute approximate surface area is 263 Å². The van der Waals surface area contributed by atoms with Gasteiger partial charge in [-0.3, -0.25) is 14.4 Å². The second kappa shape index (κ2) is 12.3. The van der Waals surface area contributed by atoms with E-state index in [2.05, 4.69) is 13.2 Å². The SMILES string of the molecule is C=CCN(C(=O)C1N([C@@H](CC)CO)C(=O)[C@@H]2[C@H](C(=O)N(CC=C)c3ccccc3)[C@@H]3CCC12S3)c1ccc2ccccc2c1. The molecular formula is C36H39N3O4S. The normalized spacial score (nSPS) is 26.0. The van der Waals surface area contributed by atoms with E-state index in [1.54, 1.807) is 38.6 Å². The molecular weight excluding hydrogens is 570 g/mol. The molecule has 3 amide bonds. The number of benzene rings is 3. The first-order valence-electron chi connectivity index (χ1n) is 15.4. The molecule has 3 saturated heterocycles. The number of carbonyl (C=O) groups excluding carboxylic acids is 3. The molecule has 3 fully saturated rings. The van der Waals surface area contributed by atoms with Crippen molar-refractivity contribution < 1.29 is 19.5 Å². The molecule has 8 heteroatoms. The Morgan fingerprint density at radius 2 is 1.64 bits per heavy atom. The highest BCUT2D eigenvalue weighted by Crippen LogP contribution is 2.67. The quantitative estimate of drug-likeness (QED) is 0.293. The largest absolute Gasteiger partial charge is 0.394 e. The Bertz CT molecular complexity index is 1590. The Morgan fingerprint density at radius 1 is 0.977 bits per heavy atom. The zero-order chi connectivity index (χ0) is 31.0. The maximum absolute atomic E-state index is 14.9. The van der Waals surface area contributed by atoms with E-state index in [-0.39, 0.29) is 36.1 Å². The number of rotatable bonds is 11. The van der Waals surface area contributed by atoms with E-state index in [0.29, 0.717) is 19.4 Å². The number of hydrogen-bond donors (Lipinski definition) is 1. The molecule has 3 aromatic carbocycles. The van der Waals surface area contributed by atoms with Crippen LogP contribution in [0.25, 0.3) is 10.8 Å². The molecule has 44 heavy (non-hydrogen) atoms. The molecule has 3 aromatic rings. The molecule has 3 aliphatic rings.